The van der Waals surface area contributed by atoms with Crippen molar-refractivity contribution in [1.82, 2.24) is 10.2 Å². The predicted molar refractivity (Wildman–Crippen MR) is 126 cm³/mol. The Labute approximate surface area is 208 Å². The van der Waals surface area contributed by atoms with Crippen molar-refractivity contribution in [2.75, 3.05) is 5.32 Å². The van der Waals surface area contributed by atoms with Gasteiger partial charge in [0, 0.05) is 22.4 Å². The number of para-hydroxylation sites is 1. The molecule has 4 aromatic rings. The third kappa shape index (κ3) is 4.75. The van der Waals surface area contributed by atoms with Crippen LogP contribution in [-0.4, -0.2) is 16.5 Å². The average Bonchev–Trinajstić information content (AvgIpc) is 3.34. The molecular weight excluding hydrogens is 502 g/mol. The molecule has 12 heteroatoms. The number of halogens is 5. The second kappa shape index (κ2) is 9.59. The summed E-state index contributed by atoms with van der Waals surface area (Å²) in [4.78, 5) is 4.44. The van der Waals surface area contributed by atoms with Crippen molar-refractivity contribution in [2.45, 2.75) is 18.4 Å². The highest BCUT2D eigenvalue weighted by Crippen LogP contribution is 2.42. The standard InChI is InChI=1S/C24H17F4N5O2.ClH/c25-16-5-3-4-14(10-16)12-34-20-7-2-1-6-17(20)23(29)18-11-15(8-9-19(18)30-13-31-23)21-32-33-22(35-21)24(26,27)28;/h1-11,13H,12,29H2,(H,30,31);1H. The summed E-state index contributed by atoms with van der Waals surface area (Å²) >= 11 is 0. The maximum atomic E-state index is 13.6. The minimum absolute atomic E-state index is 0. The Morgan fingerprint density at radius 3 is 2.53 bits per heavy atom. The normalized spacial score (nSPS) is 16.6. The van der Waals surface area contributed by atoms with Gasteiger partial charge in [-0.3, -0.25) is 5.73 Å². The Morgan fingerprint density at radius 1 is 0.972 bits per heavy atom. The summed E-state index contributed by atoms with van der Waals surface area (Å²) in [6, 6.07) is 17.7. The van der Waals surface area contributed by atoms with Gasteiger partial charge in [-0.05, 0) is 42.0 Å². The molecular formula is C24H18ClF4N5O2. The molecule has 186 valence electrons. The molecule has 0 amide bonds. The van der Waals surface area contributed by atoms with E-state index in [1.54, 1.807) is 42.5 Å². The van der Waals surface area contributed by atoms with Gasteiger partial charge in [0.15, 0.2) is 5.66 Å². The molecule has 1 aliphatic heterocycles. The number of nitrogens with zero attached hydrogens (tertiary/aromatic N) is 3. The molecule has 7 nitrogen and oxygen atoms in total. The molecule has 5 rings (SSSR count). The van der Waals surface area contributed by atoms with Crippen molar-refractivity contribution in [3.63, 3.8) is 0 Å². The molecule has 1 unspecified atom stereocenters. The molecule has 2 heterocycles. The number of benzene rings is 3. The second-order valence-corrected chi connectivity index (χ2v) is 7.75. The van der Waals surface area contributed by atoms with Gasteiger partial charge in [-0.15, -0.1) is 22.6 Å². The first-order valence-electron chi connectivity index (χ1n) is 10.4. The SMILES string of the molecule is Cl.NC1(c2ccccc2OCc2cccc(F)c2)N=CNc2ccc(-c3nnc(C(F)(F)F)o3)cc21. The summed E-state index contributed by atoms with van der Waals surface area (Å²) in [6.45, 7) is 0.0852. The van der Waals surface area contributed by atoms with Crippen LogP contribution in [0, 0.1) is 5.82 Å². The summed E-state index contributed by atoms with van der Waals surface area (Å²) in [7, 11) is 0. The molecule has 0 bridgehead atoms. The lowest BCUT2D eigenvalue weighted by atomic mass is 9.88. The van der Waals surface area contributed by atoms with Crippen LogP contribution in [-0.2, 0) is 18.4 Å². The van der Waals surface area contributed by atoms with E-state index in [1.807, 2.05) is 0 Å². The van der Waals surface area contributed by atoms with E-state index < -0.39 is 17.7 Å². The minimum Gasteiger partial charge on any atom is -0.488 e. The predicted octanol–water partition coefficient (Wildman–Crippen LogP) is 5.51. The largest absolute Gasteiger partial charge is 0.488 e. The van der Waals surface area contributed by atoms with E-state index in [0.717, 1.165) is 0 Å². The van der Waals surface area contributed by atoms with Crippen LogP contribution in [0.1, 0.15) is 22.6 Å². The van der Waals surface area contributed by atoms with Crippen molar-refractivity contribution >= 4 is 24.4 Å². The smallest absolute Gasteiger partial charge is 0.470 e. The molecule has 0 saturated carbocycles. The van der Waals surface area contributed by atoms with Gasteiger partial charge in [0.05, 0.1) is 6.34 Å². The van der Waals surface area contributed by atoms with E-state index >= 15 is 0 Å². The molecule has 3 aromatic carbocycles. The molecule has 36 heavy (non-hydrogen) atoms. The quantitative estimate of drug-likeness (QED) is 0.337. The van der Waals surface area contributed by atoms with E-state index in [-0.39, 0.29) is 36.3 Å². The highest BCUT2D eigenvalue weighted by molar-refractivity contribution is 5.85. The van der Waals surface area contributed by atoms with Crippen molar-refractivity contribution in [1.29, 1.82) is 0 Å². The Kier molecular flexibility index (Phi) is 6.70. The van der Waals surface area contributed by atoms with Crippen LogP contribution < -0.4 is 15.8 Å². The maximum Gasteiger partial charge on any atom is 0.470 e. The van der Waals surface area contributed by atoms with E-state index in [2.05, 4.69) is 20.5 Å². The average molecular weight is 520 g/mol. The molecule has 0 aliphatic carbocycles. The van der Waals surface area contributed by atoms with Crippen LogP contribution in [0.4, 0.5) is 23.2 Å². The number of nitrogens with two attached hydrogens (primary N) is 1. The number of fused-ring (bicyclic) bond motifs is 1. The number of aromatic nitrogens is 2. The highest BCUT2D eigenvalue weighted by Gasteiger charge is 2.39. The lowest BCUT2D eigenvalue weighted by Crippen LogP contribution is -2.39. The lowest BCUT2D eigenvalue weighted by molar-refractivity contribution is -0.156. The fraction of sp³-hybridized carbons (Fsp3) is 0.125. The molecule has 1 aliphatic rings. The number of alkyl halides is 3. The van der Waals surface area contributed by atoms with Crippen LogP contribution in [0.15, 0.2) is 76.1 Å². The molecule has 0 fully saturated rings. The second-order valence-electron chi connectivity index (χ2n) is 7.75. The van der Waals surface area contributed by atoms with Gasteiger partial charge >= 0.3 is 12.1 Å². The Hall–Kier alpha value is -3.96. The van der Waals surface area contributed by atoms with Crippen molar-refractivity contribution in [3.8, 4) is 17.2 Å². The number of rotatable bonds is 5. The zero-order valence-electron chi connectivity index (χ0n) is 18.3. The summed E-state index contributed by atoms with van der Waals surface area (Å²) in [6.07, 6.45) is -3.33. The van der Waals surface area contributed by atoms with Crippen LogP contribution in [0.5, 0.6) is 5.75 Å². The van der Waals surface area contributed by atoms with Crippen molar-refractivity contribution < 1.29 is 26.7 Å². The van der Waals surface area contributed by atoms with Gasteiger partial charge in [0.2, 0.25) is 5.89 Å². The summed E-state index contributed by atoms with van der Waals surface area (Å²) in [5, 5.41) is 9.58. The summed E-state index contributed by atoms with van der Waals surface area (Å²) in [5.74, 6) is -1.73. The molecule has 1 aromatic heterocycles. The Morgan fingerprint density at radius 2 is 1.78 bits per heavy atom. The Bertz CT molecular complexity index is 1430. The number of hydrogen-bond donors (Lipinski definition) is 2. The zero-order chi connectivity index (χ0) is 24.6. The topological polar surface area (TPSA) is 98.6 Å². The van der Waals surface area contributed by atoms with E-state index in [0.29, 0.717) is 28.1 Å². The first-order chi connectivity index (χ1) is 16.7. The van der Waals surface area contributed by atoms with Crippen molar-refractivity contribution in [2.24, 2.45) is 10.7 Å². The van der Waals surface area contributed by atoms with Gasteiger partial charge in [-0.25, -0.2) is 9.38 Å². The zero-order valence-corrected chi connectivity index (χ0v) is 19.1. The molecule has 1 atom stereocenters. The molecule has 0 saturated heterocycles. The lowest BCUT2D eigenvalue weighted by Gasteiger charge is -2.32. The van der Waals surface area contributed by atoms with Crippen molar-refractivity contribution in [3.05, 3.63) is 95.1 Å². The number of nitrogens with one attached hydrogen (secondary N) is 1. The fourth-order valence-electron chi connectivity index (χ4n) is 3.76. The summed E-state index contributed by atoms with van der Waals surface area (Å²) < 4.78 is 63.1. The molecule has 0 radical (unpaired) electrons. The fourth-order valence-corrected chi connectivity index (χ4v) is 3.76. The third-order valence-corrected chi connectivity index (χ3v) is 5.41. The van der Waals surface area contributed by atoms with Gasteiger partial charge in [0.1, 0.15) is 18.2 Å². The van der Waals surface area contributed by atoms with Crippen LogP contribution in [0.2, 0.25) is 0 Å². The van der Waals surface area contributed by atoms with E-state index in [4.69, 9.17) is 14.9 Å². The minimum atomic E-state index is -4.76. The van der Waals surface area contributed by atoms with Gasteiger partial charge in [-0.1, -0.05) is 30.3 Å². The molecule has 0 spiro atoms. The number of anilines is 1. The number of ether oxygens (including phenoxy) is 1. The first-order valence-corrected chi connectivity index (χ1v) is 10.4. The van der Waals surface area contributed by atoms with E-state index in [1.165, 1.54) is 30.6 Å². The van der Waals surface area contributed by atoms with Crippen LogP contribution >= 0.6 is 12.4 Å². The first kappa shape index (κ1) is 25.1. The monoisotopic (exact) mass is 519 g/mol. The number of aliphatic imine (C=N–C) groups is 1. The number of hydrogen-bond acceptors (Lipinski definition) is 7. The maximum absolute atomic E-state index is 13.6. The molecule has 3 N–H and O–H groups in total. The summed E-state index contributed by atoms with van der Waals surface area (Å²) in [5.41, 5.74) is 7.72. The Balaban J connectivity index is 0.00000304. The van der Waals surface area contributed by atoms with E-state index in [9.17, 15) is 17.6 Å². The third-order valence-electron chi connectivity index (χ3n) is 5.41. The van der Waals surface area contributed by atoms with Crippen LogP contribution in [0.3, 0.4) is 0 Å². The van der Waals surface area contributed by atoms with Gasteiger partial charge in [0.25, 0.3) is 0 Å². The van der Waals surface area contributed by atoms with Crippen LogP contribution in [0.25, 0.3) is 11.5 Å². The van der Waals surface area contributed by atoms with Gasteiger partial charge in [-0.2, -0.15) is 13.2 Å². The van der Waals surface area contributed by atoms with Gasteiger partial charge < -0.3 is 14.5 Å². The highest BCUT2D eigenvalue weighted by atomic mass is 35.5.